The van der Waals surface area contributed by atoms with Gasteiger partial charge in [-0.3, -0.25) is 9.67 Å². The zero-order chi connectivity index (χ0) is 14.1. The van der Waals surface area contributed by atoms with Gasteiger partial charge in [0, 0.05) is 10.0 Å². The Balaban J connectivity index is 2.24. The van der Waals surface area contributed by atoms with Crippen molar-refractivity contribution in [1.82, 2.24) is 14.8 Å². The standard InChI is InChI=1S/C15H12BrN3S/c1-10-7-12(16)9-13(8-10)19-14(17-18-15(19)20)11-5-3-2-4-6-11/h2-9H,1H3,(H,18,20). The number of aryl methyl sites for hydroxylation is 1. The van der Waals surface area contributed by atoms with E-state index in [4.69, 9.17) is 12.2 Å². The first kappa shape index (κ1) is 13.3. The number of hydrogen-bond donors (Lipinski definition) is 1. The van der Waals surface area contributed by atoms with Gasteiger partial charge in [-0.05, 0) is 42.9 Å². The number of nitrogens with zero attached hydrogens (tertiary/aromatic N) is 2. The van der Waals surface area contributed by atoms with Crippen LogP contribution in [0.2, 0.25) is 0 Å². The lowest BCUT2D eigenvalue weighted by Crippen LogP contribution is -1.98. The summed E-state index contributed by atoms with van der Waals surface area (Å²) < 4.78 is 3.55. The maximum absolute atomic E-state index is 5.37. The summed E-state index contributed by atoms with van der Waals surface area (Å²) in [6, 6.07) is 16.2. The first-order valence-electron chi connectivity index (χ1n) is 6.15. The Bertz CT molecular complexity index is 785. The summed E-state index contributed by atoms with van der Waals surface area (Å²) >= 11 is 8.90. The average molecular weight is 346 g/mol. The first-order valence-corrected chi connectivity index (χ1v) is 7.36. The van der Waals surface area contributed by atoms with E-state index in [1.165, 1.54) is 0 Å². The second-order valence-corrected chi connectivity index (χ2v) is 5.84. The molecule has 3 nitrogen and oxygen atoms in total. The normalized spacial score (nSPS) is 10.7. The van der Waals surface area contributed by atoms with Gasteiger partial charge in [0.05, 0.1) is 5.69 Å². The number of aromatic amines is 1. The molecule has 0 fully saturated rings. The largest absolute Gasteiger partial charge is 0.268 e. The van der Waals surface area contributed by atoms with E-state index in [1.807, 2.05) is 41.0 Å². The Hall–Kier alpha value is -1.72. The zero-order valence-corrected chi connectivity index (χ0v) is 13.2. The lowest BCUT2D eigenvalue weighted by Gasteiger charge is -2.08. The quantitative estimate of drug-likeness (QED) is 0.684. The second-order valence-electron chi connectivity index (χ2n) is 4.54. The van der Waals surface area contributed by atoms with Crippen LogP contribution in [0.5, 0.6) is 0 Å². The van der Waals surface area contributed by atoms with Crippen molar-refractivity contribution >= 4 is 28.1 Å². The van der Waals surface area contributed by atoms with Crippen LogP contribution in [0.1, 0.15) is 5.56 Å². The molecule has 100 valence electrons. The predicted octanol–water partition coefficient (Wildman–Crippen LogP) is 4.67. The maximum atomic E-state index is 5.37. The Kier molecular flexibility index (Phi) is 3.54. The van der Waals surface area contributed by atoms with E-state index >= 15 is 0 Å². The summed E-state index contributed by atoms with van der Waals surface area (Å²) in [5.74, 6) is 0.813. The molecule has 0 saturated carbocycles. The lowest BCUT2D eigenvalue weighted by molar-refractivity contribution is 1.03. The fourth-order valence-corrected chi connectivity index (χ4v) is 3.00. The number of halogens is 1. The van der Waals surface area contributed by atoms with Crippen LogP contribution in [0, 0.1) is 11.7 Å². The molecular formula is C15H12BrN3S. The smallest absolute Gasteiger partial charge is 0.200 e. The molecule has 20 heavy (non-hydrogen) atoms. The van der Waals surface area contributed by atoms with Crippen molar-refractivity contribution in [3.8, 4) is 17.1 Å². The second kappa shape index (κ2) is 5.34. The van der Waals surface area contributed by atoms with Crippen LogP contribution in [0.4, 0.5) is 0 Å². The highest BCUT2D eigenvalue weighted by atomic mass is 79.9. The number of hydrogen-bond acceptors (Lipinski definition) is 2. The molecule has 0 aliphatic rings. The van der Waals surface area contributed by atoms with E-state index in [2.05, 4.69) is 45.2 Å². The number of aromatic nitrogens is 3. The topological polar surface area (TPSA) is 33.6 Å². The molecule has 0 spiro atoms. The molecule has 0 aliphatic carbocycles. The van der Waals surface area contributed by atoms with Gasteiger partial charge in [-0.25, -0.2) is 0 Å². The third-order valence-electron chi connectivity index (χ3n) is 2.99. The van der Waals surface area contributed by atoms with Crippen LogP contribution in [0.25, 0.3) is 17.1 Å². The van der Waals surface area contributed by atoms with Gasteiger partial charge in [0.15, 0.2) is 10.6 Å². The molecule has 3 aromatic rings. The van der Waals surface area contributed by atoms with E-state index in [0.717, 1.165) is 27.1 Å². The molecule has 3 rings (SSSR count). The van der Waals surface area contributed by atoms with Gasteiger partial charge in [0.25, 0.3) is 0 Å². The molecule has 1 N–H and O–H groups in total. The van der Waals surface area contributed by atoms with E-state index in [0.29, 0.717) is 4.77 Å². The Morgan fingerprint density at radius 1 is 1.15 bits per heavy atom. The Morgan fingerprint density at radius 3 is 2.60 bits per heavy atom. The molecule has 0 amide bonds. The number of H-pyrrole nitrogens is 1. The summed E-state index contributed by atoms with van der Waals surface area (Å²) in [6.07, 6.45) is 0. The molecule has 0 aliphatic heterocycles. The zero-order valence-electron chi connectivity index (χ0n) is 10.8. The van der Waals surface area contributed by atoms with Crippen molar-refractivity contribution in [3.05, 3.63) is 63.3 Å². The van der Waals surface area contributed by atoms with Crippen LogP contribution in [-0.2, 0) is 0 Å². The summed E-state index contributed by atoms with van der Waals surface area (Å²) in [5, 5.41) is 7.23. The van der Waals surface area contributed by atoms with Crippen LogP contribution in [-0.4, -0.2) is 14.8 Å². The minimum absolute atomic E-state index is 0.585. The number of nitrogens with one attached hydrogen (secondary N) is 1. The molecule has 5 heteroatoms. The molecule has 0 radical (unpaired) electrons. The average Bonchev–Trinajstić information content (AvgIpc) is 2.80. The fraction of sp³-hybridized carbons (Fsp3) is 0.0667. The molecule has 1 heterocycles. The number of rotatable bonds is 2. The highest BCUT2D eigenvalue weighted by Gasteiger charge is 2.11. The van der Waals surface area contributed by atoms with Crippen molar-refractivity contribution in [2.45, 2.75) is 6.92 Å². The van der Waals surface area contributed by atoms with Crippen LogP contribution in [0.15, 0.2) is 53.0 Å². The Labute approximate surface area is 130 Å². The minimum Gasteiger partial charge on any atom is -0.268 e. The molecule has 0 saturated heterocycles. The van der Waals surface area contributed by atoms with E-state index in [-0.39, 0.29) is 0 Å². The summed E-state index contributed by atoms with van der Waals surface area (Å²) in [6.45, 7) is 2.06. The highest BCUT2D eigenvalue weighted by molar-refractivity contribution is 9.10. The Morgan fingerprint density at radius 2 is 1.90 bits per heavy atom. The van der Waals surface area contributed by atoms with Gasteiger partial charge in [-0.1, -0.05) is 46.3 Å². The van der Waals surface area contributed by atoms with Crippen molar-refractivity contribution in [1.29, 1.82) is 0 Å². The minimum atomic E-state index is 0.585. The first-order chi connectivity index (χ1) is 9.65. The van der Waals surface area contributed by atoms with Gasteiger partial charge in [0.1, 0.15) is 0 Å². The highest BCUT2D eigenvalue weighted by Crippen LogP contribution is 2.24. The van der Waals surface area contributed by atoms with Gasteiger partial charge in [0.2, 0.25) is 0 Å². The van der Waals surface area contributed by atoms with Crippen molar-refractivity contribution in [2.24, 2.45) is 0 Å². The van der Waals surface area contributed by atoms with E-state index in [9.17, 15) is 0 Å². The van der Waals surface area contributed by atoms with E-state index < -0.39 is 0 Å². The van der Waals surface area contributed by atoms with Gasteiger partial charge in [-0.15, -0.1) is 0 Å². The molecule has 0 atom stereocenters. The van der Waals surface area contributed by atoms with Crippen LogP contribution < -0.4 is 0 Å². The summed E-state index contributed by atoms with van der Waals surface area (Å²) in [7, 11) is 0. The third-order valence-corrected chi connectivity index (χ3v) is 3.72. The molecule has 0 unspecified atom stereocenters. The monoisotopic (exact) mass is 345 g/mol. The SMILES string of the molecule is Cc1cc(Br)cc(-n2c(-c3ccccc3)n[nH]c2=S)c1. The predicted molar refractivity (Wildman–Crippen MR) is 86.6 cm³/mol. The molecular weight excluding hydrogens is 334 g/mol. The van der Waals surface area contributed by atoms with Crippen molar-refractivity contribution < 1.29 is 0 Å². The lowest BCUT2D eigenvalue weighted by atomic mass is 10.2. The fourth-order valence-electron chi connectivity index (χ4n) is 2.16. The van der Waals surface area contributed by atoms with Crippen molar-refractivity contribution in [3.63, 3.8) is 0 Å². The van der Waals surface area contributed by atoms with Gasteiger partial charge in [-0.2, -0.15) is 5.10 Å². The van der Waals surface area contributed by atoms with Crippen LogP contribution >= 0.6 is 28.1 Å². The van der Waals surface area contributed by atoms with E-state index in [1.54, 1.807) is 0 Å². The molecule has 1 aromatic heterocycles. The third kappa shape index (κ3) is 2.46. The number of benzene rings is 2. The van der Waals surface area contributed by atoms with Crippen LogP contribution in [0.3, 0.4) is 0 Å². The molecule has 2 aromatic carbocycles. The molecule has 0 bridgehead atoms. The van der Waals surface area contributed by atoms with Gasteiger partial charge < -0.3 is 0 Å². The summed E-state index contributed by atoms with van der Waals surface area (Å²) in [5.41, 5.74) is 3.18. The summed E-state index contributed by atoms with van der Waals surface area (Å²) in [4.78, 5) is 0. The van der Waals surface area contributed by atoms with Gasteiger partial charge >= 0.3 is 0 Å². The van der Waals surface area contributed by atoms with Crippen molar-refractivity contribution in [2.75, 3.05) is 0 Å². The maximum Gasteiger partial charge on any atom is 0.200 e.